The van der Waals surface area contributed by atoms with Crippen molar-refractivity contribution in [1.82, 2.24) is 5.32 Å². The Balaban J connectivity index is 3.99. The molecule has 0 aliphatic rings. The highest BCUT2D eigenvalue weighted by atomic mass is 16.7. The highest BCUT2D eigenvalue weighted by Gasteiger charge is 2.24. The summed E-state index contributed by atoms with van der Waals surface area (Å²) in [5.41, 5.74) is -0.697. The van der Waals surface area contributed by atoms with Crippen LogP contribution < -0.4 is 5.32 Å². The molecule has 8 nitrogen and oxygen atoms in total. The summed E-state index contributed by atoms with van der Waals surface area (Å²) in [4.78, 5) is 22.4. The van der Waals surface area contributed by atoms with E-state index in [-0.39, 0.29) is 13.4 Å². The SMILES string of the molecule is COCCOCOC[C@H](NC(=O)OC(C)(C)C)C(=O)O. The molecule has 0 fully saturated rings. The van der Waals surface area contributed by atoms with E-state index in [1.54, 1.807) is 20.8 Å². The monoisotopic (exact) mass is 293 g/mol. The van der Waals surface area contributed by atoms with Crippen molar-refractivity contribution >= 4 is 12.1 Å². The molecular weight excluding hydrogens is 270 g/mol. The third kappa shape index (κ3) is 10.5. The average Bonchev–Trinajstić information content (AvgIpc) is 2.29. The number of carbonyl (C=O) groups excluding carboxylic acids is 1. The Labute approximate surface area is 118 Å². The van der Waals surface area contributed by atoms with Gasteiger partial charge >= 0.3 is 12.1 Å². The molecule has 0 unspecified atom stereocenters. The maximum atomic E-state index is 11.4. The Kier molecular flexibility index (Phi) is 8.86. The van der Waals surface area contributed by atoms with E-state index < -0.39 is 23.7 Å². The van der Waals surface area contributed by atoms with Gasteiger partial charge in [0.1, 0.15) is 12.4 Å². The number of ether oxygens (including phenoxy) is 4. The second-order valence-corrected chi connectivity index (χ2v) is 4.93. The number of nitrogens with one attached hydrogen (secondary N) is 1. The van der Waals surface area contributed by atoms with Gasteiger partial charge in [-0.2, -0.15) is 0 Å². The summed E-state index contributed by atoms with van der Waals surface area (Å²) >= 11 is 0. The van der Waals surface area contributed by atoms with Crippen molar-refractivity contribution in [2.24, 2.45) is 0 Å². The first-order chi connectivity index (χ1) is 9.26. The molecule has 20 heavy (non-hydrogen) atoms. The quantitative estimate of drug-likeness (QED) is 0.474. The van der Waals surface area contributed by atoms with E-state index in [1.165, 1.54) is 7.11 Å². The highest BCUT2D eigenvalue weighted by molar-refractivity contribution is 5.80. The van der Waals surface area contributed by atoms with Gasteiger partial charge in [-0.3, -0.25) is 0 Å². The molecule has 0 radical (unpaired) electrons. The van der Waals surface area contributed by atoms with Crippen molar-refractivity contribution in [3.05, 3.63) is 0 Å². The van der Waals surface area contributed by atoms with Crippen molar-refractivity contribution in [3.8, 4) is 0 Å². The maximum absolute atomic E-state index is 11.4. The minimum Gasteiger partial charge on any atom is -0.480 e. The largest absolute Gasteiger partial charge is 0.480 e. The lowest BCUT2D eigenvalue weighted by Crippen LogP contribution is -2.46. The molecular formula is C12H23NO7. The molecule has 0 aromatic heterocycles. The van der Waals surface area contributed by atoms with Crippen LogP contribution in [-0.4, -0.2) is 62.5 Å². The molecule has 0 rings (SSSR count). The summed E-state index contributed by atoms with van der Waals surface area (Å²) in [6.07, 6.45) is -0.811. The van der Waals surface area contributed by atoms with Gasteiger partial charge in [0.2, 0.25) is 0 Å². The number of alkyl carbamates (subject to hydrolysis) is 1. The molecule has 0 saturated heterocycles. The molecule has 118 valence electrons. The van der Waals surface area contributed by atoms with Crippen LogP contribution in [-0.2, 0) is 23.7 Å². The van der Waals surface area contributed by atoms with E-state index in [0.29, 0.717) is 13.2 Å². The normalized spacial score (nSPS) is 12.8. The Bertz CT molecular complexity index is 301. The number of carbonyl (C=O) groups is 2. The third-order valence-electron chi connectivity index (χ3n) is 1.87. The summed E-state index contributed by atoms with van der Waals surface area (Å²) < 4.78 is 19.7. The number of hydrogen-bond acceptors (Lipinski definition) is 6. The molecule has 0 saturated carbocycles. The van der Waals surface area contributed by atoms with E-state index in [2.05, 4.69) is 5.32 Å². The molecule has 1 atom stereocenters. The van der Waals surface area contributed by atoms with Crippen molar-refractivity contribution in [3.63, 3.8) is 0 Å². The van der Waals surface area contributed by atoms with Crippen molar-refractivity contribution in [1.29, 1.82) is 0 Å². The Morgan fingerprint density at radius 2 is 1.85 bits per heavy atom. The molecule has 0 aromatic rings. The lowest BCUT2D eigenvalue weighted by atomic mass is 10.2. The van der Waals surface area contributed by atoms with Crippen molar-refractivity contribution < 1.29 is 33.6 Å². The van der Waals surface area contributed by atoms with Gasteiger partial charge in [-0.25, -0.2) is 9.59 Å². The number of carboxylic acid groups (broad SMARTS) is 1. The van der Waals surface area contributed by atoms with Gasteiger partial charge in [-0.1, -0.05) is 0 Å². The first kappa shape index (κ1) is 18.6. The zero-order chi connectivity index (χ0) is 15.6. The van der Waals surface area contributed by atoms with E-state index in [1.807, 2.05) is 0 Å². The van der Waals surface area contributed by atoms with Crippen LogP contribution in [0.3, 0.4) is 0 Å². The Morgan fingerprint density at radius 1 is 1.20 bits per heavy atom. The molecule has 8 heteroatoms. The molecule has 0 aliphatic heterocycles. The van der Waals surface area contributed by atoms with Crippen LogP contribution in [0.25, 0.3) is 0 Å². The predicted octanol–water partition coefficient (Wildman–Crippen LogP) is 0.601. The standard InChI is InChI=1S/C12H23NO7/c1-12(2,3)20-11(16)13-9(10(14)15)7-19-8-18-6-5-17-4/h9H,5-8H2,1-4H3,(H,13,16)(H,14,15)/t9-/m0/s1. The number of carboxylic acids is 1. The molecule has 2 N–H and O–H groups in total. The van der Waals surface area contributed by atoms with Crippen molar-refractivity contribution in [2.75, 3.05) is 33.7 Å². The first-order valence-electron chi connectivity index (χ1n) is 6.13. The van der Waals surface area contributed by atoms with Crippen LogP contribution in [0, 0.1) is 0 Å². The summed E-state index contributed by atoms with van der Waals surface area (Å²) in [6, 6.07) is -1.20. The number of aliphatic carboxylic acids is 1. The van der Waals surface area contributed by atoms with Gasteiger partial charge in [0.15, 0.2) is 6.04 Å². The lowest BCUT2D eigenvalue weighted by molar-refractivity contribution is -0.143. The molecule has 0 spiro atoms. The molecule has 1 amide bonds. The van der Waals surface area contributed by atoms with Crippen LogP contribution in [0.5, 0.6) is 0 Å². The highest BCUT2D eigenvalue weighted by Crippen LogP contribution is 2.06. The van der Waals surface area contributed by atoms with Crippen molar-refractivity contribution in [2.45, 2.75) is 32.4 Å². The topological polar surface area (TPSA) is 103 Å². The fourth-order valence-corrected chi connectivity index (χ4v) is 1.05. The Morgan fingerprint density at radius 3 is 2.35 bits per heavy atom. The number of rotatable bonds is 9. The zero-order valence-electron chi connectivity index (χ0n) is 12.3. The molecule has 0 heterocycles. The van der Waals surface area contributed by atoms with Gasteiger partial charge < -0.3 is 29.4 Å². The van der Waals surface area contributed by atoms with Gasteiger partial charge in [0.25, 0.3) is 0 Å². The fourth-order valence-electron chi connectivity index (χ4n) is 1.05. The van der Waals surface area contributed by atoms with Gasteiger partial charge in [-0.05, 0) is 20.8 Å². The lowest BCUT2D eigenvalue weighted by Gasteiger charge is -2.21. The zero-order valence-corrected chi connectivity index (χ0v) is 12.3. The van der Waals surface area contributed by atoms with Crippen LogP contribution >= 0.6 is 0 Å². The summed E-state index contributed by atoms with van der Waals surface area (Å²) in [6.45, 7) is 5.51. The van der Waals surface area contributed by atoms with Gasteiger partial charge in [0, 0.05) is 7.11 Å². The van der Waals surface area contributed by atoms with E-state index in [4.69, 9.17) is 24.1 Å². The minimum atomic E-state index is -1.22. The fraction of sp³-hybridized carbons (Fsp3) is 0.833. The minimum absolute atomic E-state index is 0.0802. The Hall–Kier alpha value is -1.38. The molecule has 0 aromatic carbocycles. The van der Waals surface area contributed by atoms with Gasteiger partial charge in [0.05, 0.1) is 19.8 Å². The van der Waals surface area contributed by atoms with Crippen LogP contribution in [0.15, 0.2) is 0 Å². The summed E-state index contributed by atoms with van der Waals surface area (Å²) in [7, 11) is 1.54. The maximum Gasteiger partial charge on any atom is 0.408 e. The van der Waals surface area contributed by atoms with Gasteiger partial charge in [-0.15, -0.1) is 0 Å². The third-order valence-corrected chi connectivity index (χ3v) is 1.87. The van der Waals surface area contributed by atoms with Crippen LogP contribution in [0.4, 0.5) is 4.79 Å². The molecule has 0 aliphatic carbocycles. The first-order valence-corrected chi connectivity index (χ1v) is 6.13. The number of amides is 1. The molecule has 0 bridgehead atoms. The number of hydrogen-bond donors (Lipinski definition) is 2. The average molecular weight is 293 g/mol. The van der Waals surface area contributed by atoms with Crippen LogP contribution in [0.1, 0.15) is 20.8 Å². The summed E-state index contributed by atoms with van der Waals surface area (Å²) in [5, 5.41) is 11.2. The smallest absolute Gasteiger partial charge is 0.408 e. The second-order valence-electron chi connectivity index (χ2n) is 4.93. The second kappa shape index (κ2) is 9.51. The number of methoxy groups -OCH3 is 1. The van der Waals surface area contributed by atoms with E-state index in [0.717, 1.165) is 0 Å². The predicted molar refractivity (Wildman–Crippen MR) is 69.4 cm³/mol. The summed E-state index contributed by atoms with van der Waals surface area (Å²) in [5.74, 6) is -1.22. The van der Waals surface area contributed by atoms with Crippen LogP contribution in [0.2, 0.25) is 0 Å². The van der Waals surface area contributed by atoms with E-state index >= 15 is 0 Å². The van der Waals surface area contributed by atoms with E-state index in [9.17, 15) is 9.59 Å².